The number of carbonyl (C=O) groups is 2. The van der Waals surface area contributed by atoms with Crippen LogP contribution in [0.1, 0.15) is 22.3 Å². The van der Waals surface area contributed by atoms with Crippen molar-refractivity contribution in [2.75, 3.05) is 0 Å². The summed E-state index contributed by atoms with van der Waals surface area (Å²) in [5.41, 5.74) is 3.91. The second kappa shape index (κ2) is 7.09. The molecule has 0 bridgehead atoms. The Morgan fingerprint density at radius 1 is 1.26 bits per heavy atom. The SMILES string of the molecule is CCc1nnsc1C(=O)NNC(=O)C(F)(F)Oc1ccccc1. The van der Waals surface area contributed by atoms with E-state index in [4.69, 9.17) is 0 Å². The van der Waals surface area contributed by atoms with E-state index in [1.165, 1.54) is 24.3 Å². The summed E-state index contributed by atoms with van der Waals surface area (Å²) >= 11 is 0.801. The van der Waals surface area contributed by atoms with Gasteiger partial charge in [-0.3, -0.25) is 20.4 Å². The monoisotopic (exact) mass is 342 g/mol. The molecule has 23 heavy (non-hydrogen) atoms. The number of aromatic nitrogens is 2. The van der Waals surface area contributed by atoms with E-state index in [-0.39, 0.29) is 10.6 Å². The Hall–Kier alpha value is -2.62. The molecular weight excluding hydrogens is 330 g/mol. The number of hydrazine groups is 1. The molecule has 0 radical (unpaired) electrons. The van der Waals surface area contributed by atoms with Crippen LogP contribution in [0.4, 0.5) is 8.78 Å². The van der Waals surface area contributed by atoms with Crippen molar-refractivity contribution in [1.82, 2.24) is 20.4 Å². The van der Waals surface area contributed by atoms with Crippen molar-refractivity contribution in [2.45, 2.75) is 19.5 Å². The number of benzene rings is 1. The number of halogens is 2. The van der Waals surface area contributed by atoms with E-state index >= 15 is 0 Å². The molecule has 2 rings (SSSR count). The summed E-state index contributed by atoms with van der Waals surface area (Å²) in [4.78, 5) is 23.4. The minimum atomic E-state index is -4.14. The van der Waals surface area contributed by atoms with E-state index in [0.717, 1.165) is 11.5 Å². The summed E-state index contributed by atoms with van der Waals surface area (Å²) in [6, 6.07) is 7.12. The highest BCUT2D eigenvalue weighted by molar-refractivity contribution is 7.08. The van der Waals surface area contributed by atoms with Crippen LogP contribution in [-0.2, 0) is 11.2 Å². The predicted molar refractivity (Wildman–Crippen MR) is 76.9 cm³/mol. The van der Waals surface area contributed by atoms with E-state index in [2.05, 4.69) is 14.3 Å². The molecule has 0 saturated heterocycles. The van der Waals surface area contributed by atoms with Gasteiger partial charge in [0.1, 0.15) is 10.6 Å². The third-order valence-electron chi connectivity index (χ3n) is 2.64. The highest BCUT2D eigenvalue weighted by atomic mass is 32.1. The third kappa shape index (κ3) is 4.19. The zero-order valence-electron chi connectivity index (χ0n) is 11.9. The summed E-state index contributed by atoms with van der Waals surface area (Å²) in [6.07, 6.45) is -3.70. The van der Waals surface area contributed by atoms with Crippen LogP contribution in [0.25, 0.3) is 0 Å². The lowest BCUT2D eigenvalue weighted by molar-refractivity contribution is -0.193. The first-order chi connectivity index (χ1) is 10.9. The summed E-state index contributed by atoms with van der Waals surface area (Å²) in [5, 5.41) is 3.71. The van der Waals surface area contributed by atoms with Gasteiger partial charge in [0.25, 0.3) is 5.91 Å². The molecule has 2 aromatic rings. The first-order valence-corrected chi connectivity index (χ1v) is 7.25. The Labute approximate surface area is 133 Å². The molecule has 0 fully saturated rings. The Bertz CT molecular complexity index is 694. The molecule has 1 heterocycles. The lowest BCUT2D eigenvalue weighted by Crippen LogP contribution is -2.51. The van der Waals surface area contributed by atoms with Gasteiger partial charge in [-0.2, -0.15) is 8.78 Å². The molecule has 0 aliphatic rings. The van der Waals surface area contributed by atoms with Crippen molar-refractivity contribution in [3.63, 3.8) is 0 Å². The van der Waals surface area contributed by atoms with Gasteiger partial charge in [0.15, 0.2) is 0 Å². The summed E-state index contributed by atoms with van der Waals surface area (Å²) in [7, 11) is 0. The second-order valence-electron chi connectivity index (χ2n) is 4.24. The van der Waals surface area contributed by atoms with E-state index in [9.17, 15) is 18.4 Å². The zero-order chi connectivity index (χ0) is 16.9. The second-order valence-corrected chi connectivity index (χ2v) is 5.00. The molecular formula is C13H12F2N4O3S. The maximum atomic E-state index is 13.6. The molecule has 1 aromatic heterocycles. The predicted octanol–water partition coefficient (Wildman–Crippen LogP) is 1.53. The number of hydrogen-bond donors (Lipinski definition) is 2. The van der Waals surface area contributed by atoms with Crippen molar-refractivity contribution >= 4 is 23.3 Å². The quantitative estimate of drug-likeness (QED) is 0.804. The number of ether oxygens (including phenoxy) is 1. The maximum Gasteiger partial charge on any atom is 0.484 e. The maximum absolute atomic E-state index is 13.6. The van der Waals surface area contributed by atoms with Gasteiger partial charge in [-0.15, -0.1) is 5.10 Å². The van der Waals surface area contributed by atoms with E-state index in [0.29, 0.717) is 12.1 Å². The van der Waals surface area contributed by atoms with E-state index < -0.39 is 17.9 Å². The Balaban J connectivity index is 1.94. The number of nitrogens with zero attached hydrogens (tertiary/aromatic N) is 2. The fourth-order valence-corrected chi connectivity index (χ4v) is 2.18. The molecule has 0 aliphatic carbocycles. The van der Waals surface area contributed by atoms with Crippen LogP contribution in [-0.4, -0.2) is 27.5 Å². The largest absolute Gasteiger partial charge is 0.484 e. The standard InChI is InChI=1S/C13H12F2N4O3S/c1-2-9-10(23-19-16-9)11(20)17-18-12(21)13(14,15)22-8-6-4-3-5-7-8/h3-7H,2H2,1H3,(H,17,20)(H,18,21). The van der Waals surface area contributed by atoms with Gasteiger partial charge < -0.3 is 4.74 Å². The van der Waals surface area contributed by atoms with Gasteiger partial charge in [-0.25, -0.2) is 0 Å². The van der Waals surface area contributed by atoms with Crippen LogP contribution in [0.3, 0.4) is 0 Å². The van der Waals surface area contributed by atoms with Crippen LogP contribution in [0.15, 0.2) is 30.3 Å². The fraction of sp³-hybridized carbons (Fsp3) is 0.231. The number of hydrogen-bond acceptors (Lipinski definition) is 6. The minimum Gasteiger partial charge on any atom is -0.425 e. The van der Waals surface area contributed by atoms with Crippen molar-refractivity contribution in [1.29, 1.82) is 0 Å². The number of nitrogens with one attached hydrogen (secondary N) is 2. The molecule has 0 atom stereocenters. The topological polar surface area (TPSA) is 93.2 Å². The third-order valence-corrected chi connectivity index (χ3v) is 3.41. The molecule has 0 aliphatic heterocycles. The van der Waals surface area contributed by atoms with Crippen LogP contribution in [0.2, 0.25) is 0 Å². The average Bonchev–Trinajstić information content (AvgIpc) is 3.01. The van der Waals surface area contributed by atoms with Crippen molar-refractivity contribution in [3.8, 4) is 5.75 Å². The normalized spacial score (nSPS) is 10.9. The average molecular weight is 342 g/mol. The Morgan fingerprint density at radius 3 is 2.61 bits per heavy atom. The number of amides is 2. The summed E-state index contributed by atoms with van der Waals surface area (Å²) in [5.74, 6) is -2.76. The molecule has 2 amide bonds. The van der Waals surface area contributed by atoms with Gasteiger partial charge in [0, 0.05) is 0 Å². The van der Waals surface area contributed by atoms with Crippen molar-refractivity contribution in [2.24, 2.45) is 0 Å². The highest BCUT2D eigenvalue weighted by Gasteiger charge is 2.42. The highest BCUT2D eigenvalue weighted by Crippen LogP contribution is 2.21. The number of para-hydroxylation sites is 1. The number of aryl methyl sites for hydroxylation is 1. The number of rotatable bonds is 5. The van der Waals surface area contributed by atoms with E-state index in [1.54, 1.807) is 18.4 Å². The molecule has 10 heteroatoms. The zero-order valence-corrected chi connectivity index (χ0v) is 12.7. The molecule has 1 aromatic carbocycles. The molecule has 0 saturated carbocycles. The lowest BCUT2D eigenvalue weighted by Gasteiger charge is -2.17. The molecule has 0 spiro atoms. The van der Waals surface area contributed by atoms with Gasteiger partial charge >= 0.3 is 12.0 Å². The van der Waals surface area contributed by atoms with Crippen molar-refractivity contribution < 1.29 is 23.1 Å². The van der Waals surface area contributed by atoms with Gasteiger partial charge in [-0.1, -0.05) is 29.6 Å². The van der Waals surface area contributed by atoms with Crippen LogP contribution in [0.5, 0.6) is 5.75 Å². The minimum absolute atomic E-state index is 0.139. The lowest BCUT2D eigenvalue weighted by atomic mass is 10.3. The van der Waals surface area contributed by atoms with Crippen molar-refractivity contribution in [3.05, 3.63) is 40.9 Å². The van der Waals surface area contributed by atoms with Crippen LogP contribution >= 0.6 is 11.5 Å². The molecule has 7 nitrogen and oxygen atoms in total. The Morgan fingerprint density at radius 2 is 1.96 bits per heavy atom. The van der Waals surface area contributed by atoms with Gasteiger partial charge in [-0.05, 0) is 30.1 Å². The Kier molecular flexibility index (Phi) is 5.16. The van der Waals surface area contributed by atoms with E-state index in [1.807, 2.05) is 5.43 Å². The summed E-state index contributed by atoms with van der Waals surface area (Å²) in [6.45, 7) is 1.76. The smallest absolute Gasteiger partial charge is 0.425 e. The van der Waals surface area contributed by atoms with Gasteiger partial charge in [0.2, 0.25) is 0 Å². The summed E-state index contributed by atoms with van der Waals surface area (Å²) < 4.78 is 35.2. The van der Waals surface area contributed by atoms with Crippen LogP contribution in [0, 0.1) is 0 Å². The fourth-order valence-electron chi connectivity index (χ4n) is 1.54. The molecule has 0 unspecified atom stereocenters. The molecule has 2 N–H and O–H groups in total. The van der Waals surface area contributed by atoms with Crippen LogP contribution < -0.4 is 15.6 Å². The van der Waals surface area contributed by atoms with Gasteiger partial charge in [0.05, 0.1) is 5.69 Å². The number of carbonyl (C=O) groups excluding carboxylic acids is 2. The first-order valence-electron chi connectivity index (χ1n) is 6.48. The molecule has 122 valence electrons. The first kappa shape index (κ1) is 16.7. The number of alkyl halides is 2.